The largest absolute Gasteiger partial charge is 0.496 e. The smallest absolute Gasteiger partial charge is 0.192 e. The highest BCUT2D eigenvalue weighted by atomic mass is 16.5. The monoisotopic (exact) mass is 259 g/mol. The zero-order chi connectivity index (χ0) is 14.1. The summed E-state index contributed by atoms with van der Waals surface area (Å²) in [6, 6.07) is 6.09. The molecule has 0 heterocycles. The van der Waals surface area contributed by atoms with E-state index in [2.05, 4.69) is 27.6 Å². The van der Waals surface area contributed by atoms with Gasteiger partial charge in [0.1, 0.15) is 5.75 Å². The Kier molecular flexibility index (Phi) is 6.31. The number of aliphatic imine (C=N–C) groups is 1. The molecule has 0 spiro atoms. The van der Waals surface area contributed by atoms with Crippen LogP contribution in [-0.2, 0) is 6.54 Å². The number of benzene rings is 1. The Morgan fingerprint density at radius 1 is 1.42 bits per heavy atom. The first kappa shape index (κ1) is 14.9. The van der Waals surface area contributed by atoms with Crippen LogP contribution in [0.4, 0.5) is 0 Å². The average molecular weight is 259 g/mol. The van der Waals surface area contributed by atoms with E-state index < -0.39 is 0 Å². The Labute approximate surface area is 115 Å². The summed E-state index contributed by atoms with van der Waals surface area (Å²) in [5, 5.41) is 6.19. The summed E-state index contributed by atoms with van der Waals surface area (Å²) >= 11 is 0. The van der Waals surface area contributed by atoms with E-state index in [1.54, 1.807) is 7.11 Å². The molecule has 0 bridgehead atoms. The number of hydrogen-bond acceptors (Lipinski definition) is 2. The van der Waals surface area contributed by atoms with Gasteiger partial charge in [0.05, 0.1) is 20.2 Å². The van der Waals surface area contributed by atoms with E-state index in [4.69, 9.17) is 11.2 Å². The van der Waals surface area contributed by atoms with E-state index in [9.17, 15) is 0 Å². The van der Waals surface area contributed by atoms with Crippen LogP contribution in [0, 0.1) is 19.3 Å². The molecular weight excluding hydrogens is 238 g/mol. The van der Waals surface area contributed by atoms with E-state index in [1.807, 2.05) is 26.0 Å². The molecule has 0 saturated carbocycles. The number of terminal acetylenes is 1. The van der Waals surface area contributed by atoms with Crippen LogP contribution in [-0.4, -0.2) is 26.2 Å². The lowest BCUT2D eigenvalue weighted by molar-refractivity contribution is 0.409. The second-order valence-corrected chi connectivity index (χ2v) is 4.07. The molecule has 1 aromatic rings. The first-order valence-electron chi connectivity index (χ1n) is 6.30. The van der Waals surface area contributed by atoms with Crippen molar-refractivity contribution in [3.05, 3.63) is 29.3 Å². The molecular formula is C15H21N3O. The summed E-state index contributed by atoms with van der Waals surface area (Å²) in [5.41, 5.74) is 2.22. The summed E-state index contributed by atoms with van der Waals surface area (Å²) < 4.78 is 5.36. The predicted octanol–water partition coefficient (Wildman–Crippen LogP) is 1.69. The van der Waals surface area contributed by atoms with E-state index in [0.717, 1.165) is 17.9 Å². The second-order valence-electron chi connectivity index (χ2n) is 4.07. The number of guanidine groups is 1. The first-order chi connectivity index (χ1) is 9.21. The molecule has 19 heavy (non-hydrogen) atoms. The lowest BCUT2D eigenvalue weighted by Crippen LogP contribution is -2.37. The quantitative estimate of drug-likeness (QED) is 0.480. The first-order valence-corrected chi connectivity index (χ1v) is 6.30. The fourth-order valence-corrected chi connectivity index (χ4v) is 1.62. The topological polar surface area (TPSA) is 45.7 Å². The second kappa shape index (κ2) is 8.04. The van der Waals surface area contributed by atoms with Crippen molar-refractivity contribution in [2.24, 2.45) is 4.99 Å². The van der Waals surface area contributed by atoms with Crippen molar-refractivity contribution in [1.29, 1.82) is 0 Å². The Balaban J connectivity index is 2.79. The molecule has 0 saturated heterocycles. The summed E-state index contributed by atoms with van der Waals surface area (Å²) in [6.07, 6.45) is 5.23. The maximum absolute atomic E-state index is 5.36. The maximum atomic E-state index is 5.36. The molecule has 0 aliphatic carbocycles. The molecule has 0 aliphatic rings. The standard InChI is InChI=1S/C15H21N3O/c1-5-9-17-15(16-6-2)18-11-13-8-7-12(3)10-14(13)19-4/h1,7-8,10H,6,9,11H2,2-4H3,(H2,16,17,18). The highest BCUT2D eigenvalue weighted by molar-refractivity contribution is 5.80. The van der Waals surface area contributed by atoms with Crippen LogP contribution in [0.3, 0.4) is 0 Å². The van der Waals surface area contributed by atoms with Gasteiger partial charge in [0.15, 0.2) is 5.96 Å². The van der Waals surface area contributed by atoms with Gasteiger partial charge in [-0.1, -0.05) is 18.1 Å². The zero-order valence-corrected chi connectivity index (χ0v) is 11.8. The van der Waals surface area contributed by atoms with Gasteiger partial charge in [-0.3, -0.25) is 0 Å². The molecule has 1 rings (SSSR count). The number of hydrogen-bond donors (Lipinski definition) is 2. The average Bonchev–Trinajstić information content (AvgIpc) is 2.42. The van der Waals surface area contributed by atoms with Crippen LogP contribution in [0.1, 0.15) is 18.1 Å². The minimum absolute atomic E-state index is 0.455. The molecule has 0 unspecified atom stereocenters. The van der Waals surface area contributed by atoms with E-state index in [1.165, 1.54) is 5.56 Å². The van der Waals surface area contributed by atoms with Crippen LogP contribution in [0.25, 0.3) is 0 Å². The molecule has 0 atom stereocenters. The number of rotatable bonds is 5. The van der Waals surface area contributed by atoms with Gasteiger partial charge in [-0.2, -0.15) is 0 Å². The van der Waals surface area contributed by atoms with Gasteiger partial charge >= 0.3 is 0 Å². The van der Waals surface area contributed by atoms with E-state index in [-0.39, 0.29) is 0 Å². The summed E-state index contributed by atoms with van der Waals surface area (Å²) in [5.74, 6) is 4.10. The van der Waals surface area contributed by atoms with Crippen molar-refractivity contribution >= 4 is 5.96 Å². The highest BCUT2D eigenvalue weighted by Crippen LogP contribution is 2.20. The van der Waals surface area contributed by atoms with Crippen LogP contribution in [0.15, 0.2) is 23.2 Å². The predicted molar refractivity (Wildman–Crippen MR) is 79.4 cm³/mol. The van der Waals surface area contributed by atoms with E-state index in [0.29, 0.717) is 19.0 Å². The van der Waals surface area contributed by atoms with Gasteiger partial charge in [0.25, 0.3) is 0 Å². The van der Waals surface area contributed by atoms with Gasteiger partial charge in [-0.05, 0) is 25.5 Å². The van der Waals surface area contributed by atoms with Crippen molar-refractivity contribution in [3.8, 4) is 18.1 Å². The molecule has 0 fully saturated rings. The Bertz CT molecular complexity index is 475. The SMILES string of the molecule is C#CCNC(=NCc1ccc(C)cc1OC)NCC. The molecule has 102 valence electrons. The molecule has 0 amide bonds. The molecule has 4 nitrogen and oxygen atoms in total. The number of nitrogens with one attached hydrogen (secondary N) is 2. The molecule has 0 radical (unpaired) electrons. The van der Waals surface area contributed by atoms with Crippen molar-refractivity contribution in [2.75, 3.05) is 20.2 Å². The van der Waals surface area contributed by atoms with Crippen molar-refractivity contribution in [1.82, 2.24) is 10.6 Å². The zero-order valence-electron chi connectivity index (χ0n) is 11.8. The molecule has 4 heteroatoms. The molecule has 0 aromatic heterocycles. The number of aryl methyl sites for hydroxylation is 1. The lowest BCUT2D eigenvalue weighted by atomic mass is 10.1. The number of nitrogens with zero attached hydrogens (tertiary/aromatic N) is 1. The third-order valence-corrected chi connectivity index (χ3v) is 2.55. The minimum atomic E-state index is 0.455. The fourth-order valence-electron chi connectivity index (χ4n) is 1.62. The Morgan fingerprint density at radius 3 is 2.84 bits per heavy atom. The maximum Gasteiger partial charge on any atom is 0.192 e. The summed E-state index contributed by atoms with van der Waals surface area (Å²) in [6.45, 7) is 5.84. The summed E-state index contributed by atoms with van der Waals surface area (Å²) in [4.78, 5) is 4.48. The molecule has 1 aromatic carbocycles. The Morgan fingerprint density at radius 2 is 2.21 bits per heavy atom. The normalized spacial score (nSPS) is 10.7. The fraction of sp³-hybridized carbons (Fsp3) is 0.400. The van der Waals surface area contributed by atoms with Crippen LogP contribution in [0.5, 0.6) is 5.75 Å². The van der Waals surface area contributed by atoms with Crippen LogP contribution >= 0.6 is 0 Å². The lowest BCUT2D eigenvalue weighted by Gasteiger charge is -2.11. The van der Waals surface area contributed by atoms with E-state index >= 15 is 0 Å². The third kappa shape index (κ3) is 4.92. The van der Waals surface area contributed by atoms with Crippen LogP contribution in [0.2, 0.25) is 0 Å². The minimum Gasteiger partial charge on any atom is -0.496 e. The van der Waals surface area contributed by atoms with Gasteiger partial charge in [-0.15, -0.1) is 6.42 Å². The van der Waals surface area contributed by atoms with Crippen LogP contribution < -0.4 is 15.4 Å². The van der Waals surface area contributed by atoms with Gasteiger partial charge in [0.2, 0.25) is 0 Å². The molecule has 2 N–H and O–H groups in total. The third-order valence-electron chi connectivity index (χ3n) is 2.55. The van der Waals surface area contributed by atoms with Gasteiger partial charge < -0.3 is 15.4 Å². The van der Waals surface area contributed by atoms with Crippen molar-refractivity contribution in [3.63, 3.8) is 0 Å². The van der Waals surface area contributed by atoms with Gasteiger partial charge in [0, 0.05) is 12.1 Å². The number of methoxy groups -OCH3 is 1. The molecule has 0 aliphatic heterocycles. The van der Waals surface area contributed by atoms with Crippen molar-refractivity contribution in [2.45, 2.75) is 20.4 Å². The number of ether oxygens (including phenoxy) is 1. The Hall–Kier alpha value is -2.15. The van der Waals surface area contributed by atoms with Gasteiger partial charge in [-0.25, -0.2) is 4.99 Å². The van der Waals surface area contributed by atoms with Crippen molar-refractivity contribution < 1.29 is 4.74 Å². The highest BCUT2D eigenvalue weighted by Gasteiger charge is 2.03. The summed E-state index contributed by atoms with van der Waals surface area (Å²) in [7, 11) is 1.67.